The van der Waals surface area contributed by atoms with Gasteiger partial charge in [0, 0.05) is 31.3 Å². The zero-order valence-corrected chi connectivity index (χ0v) is 20.4. The number of amides is 2. The second kappa shape index (κ2) is 10.2. The third-order valence-electron chi connectivity index (χ3n) is 6.60. The van der Waals surface area contributed by atoms with Crippen molar-refractivity contribution in [1.29, 1.82) is 0 Å². The normalized spacial score (nSPS) is 14.9. The molecule has 2 aromatic carbocycles. The molecule has 2 amide bonds. The predicted molar refractivity (Wildman–Crippen MR) is 133 cm³/mol. The van der Waals surface area contributed by atoms with E-state index in [1.807, 2.05) is 54.6 Å². The Bertz CT molecular complexity index is 1100. The lowest BCUT2D eigenvalue weighted by atomic mass is 9.75. The highest BCUT2D eigenvalue weighted by atomic mass is 16.5. The van der Waals surface area contributed by atoms with Crippen LogP contribution in [0.2, 0.25) is 0 Å². The number of nitrogens with zero attached hydrogens (tertiary/aromatic N) is 3. The molecule has 0 bridgehead atoms. The Morgan fingerprint density at radius 3 is 2.11 bits per heavy atom. The van der Waals surface area contributed by atoms with Crippen LogP contribution in [0.25, 0.3) is 22.6 Å². The number of carbonyl (C=O) groups excluding carboxylic acids is 1. The molecule has 8 nitrogen and oxygen atoms in total. The fraction of sp³-hybridized carbons (Fsp3) is 0.333. The highest BCUT2D eigenvalue weighted by Crippen LogP contribution is 2.43. The minimum atomic E-state index is -0.414. The Morgan fingerprint density at radius 1 is 1.09 bits per heavy atom. The van der Waals surface area contributed by atoms with Crippen molar-refractivity contribution in [2.24, 2.45) is 0 Å². The molecule has 0 radical (unpaired) electrons. The number of ether oxygens (including phenoxy) is 2. The number of rotatable bonds is 7. The lowest BCUT2D eigenvalue weighted by Crippen LogP contribution is -2.48. The van der Waals surface area contributed by atoms with Gasteiger partial charge in [0.05, 0.1) is 19.6 Å². The first-order valence-electron chi connectivity index (χ1n) is 11.5. The molecule has 1 saturated heterocycles. The number of allylic oxidation sites excluding steroid dienone is 1. The van der Waals surface area contributed by atoms with Crippen LogP contribution < -0.4 is 9.47 Å². The third kappa shape index (κ3) is 4.88. The molecule has 1 fully saturated rings. The van der Waals surface area contributed by atoms with Gasteiger partial charge in [0.15, 0.2) is 5.76 Å². The maximum absolute atomic E-state index is 12.3. The van der Waals surface area contributed by atoms with Gasteiger partial charge < -0.3 is 18.8 Å². The van der Waals surface area contributed by atoms with Crippen LogP contribution in [0.4, 0.5) is 4.79 Å². The molecule has 1 N–H and O–H groups in total. The molecular formula is C27H31N3O5. The quantitative estimate of drug-likeness (QED) is 0.279. The van der Waals surface area contributed by atoms with E-state index < -0.39 is 11.4 Å². The van der Waals surface area contributed by atoms with Crippen molar-refractivity contribution < 1.29 is 23.9 Å². The summed E-state index contributed by atoms with van der Waals surface area (Å²) in [5, 5.41) is 10.2. The largest absolute Gasteiger partial charge is 0.497 e. The molecule has 184 valence electrons. The summed E-state index contributed by atoms with van der Waals surface area (Å²) >= 11 is 0. The van der Waals surface area contributed by atoms with Crippen LogP contribution in [0.3, 0.4) is 0 Å². The minimum Gasteiger partial charge on any atom is -0.497 e. The molecule has 0 atom stereocenters. The molecule has 0 saturated carbocycles. The average Bonchev–Trinajstić information content (AvgIpc) is 3.35. The Labute approximate surface area is 205 Å². The van der Waals surface area contributed by atoms with Gasteiger partial charge in [0.1, 0.15) is 17.2 Å². The lowest BCUT2D eigenvalue weighted by Gasteiger charge is -2.39. The Kier molecular flexibility index (Phi) is 7.12. The first-order valence-corrected chi connectivity index (χ1v) is 11.5. The van der Waals surface area contributed by atoms with Gasteiger partial charge in [-0.05, 0) is 67.8 Å². The molecule has 1 aromatic heterocycles. The summed E-state index contributed by atoms with van der Waals surface area (Å²) in [5.41, 5.74) is 2.14. The number of hydroxylamine groups is 2. The molecule has 3 aromatic rings. The van der Waals surface area contributed by atoms with E-state index in [1.54, 1.807) is 19.1 Å². The summed E-state index contributed by atoms with van der Waals surface area (Å²) in [6.07, 6.45) is 3.82. The van der Waals surface area contributed by atoms with E-state index in [0.717, 1.165) is 28.3 Å². The SMILES string of the molecule is C=CCC1(c2nc(-c3ccc(OC)cc3)c(-c3ccc(OC)cc3)o2)CCN(C(=O)N(C)O)CC1. The van der Waals surface area contributed by atoms with Crippen LogP contribution in [0.1, 0.15) is 25.2 Å². The zero-order valence-electron chi connectivity index (χ0n) is 20.4. The number of benzene rings is 2. The number of oxazole rings is 1. The Morgan fingerprint density at radius 2 is 1.63 bits per heavy atom. The number of piperidine rings is 1. The summed E-state index contributed by atoms with van der Waals surface area (Å²) in [5.74, 6) is 2.81. The average molecular weight is 478 g/mol. The summed E-state index contributed by atoms with van der Waals surface area (Å²) < 4.78 is 17.2. The zero-order chi connectivity index (χ0) is 25.0. The molecule has 8 heteroatoms. The van der Waals surface area contributed by atoms with E-state index in [4.69, 9.17) is 18.9 Å². The number of methoxy groups -OCH3 is 2. The Balaban J connectivity index is 1.76. The van der Waals surface area contributed by atoms with Crippen molar-refractivity contribution in [3.8, 4) is 34.1 Å². The number of hydrogen-bond acceptors (Lipinski definition) is 6. The summed E-state index contributed by atoms with van der Waals surface area (Å²) in [6, 6.07) is 15.0. The van der Waals surface area contributed by atoms with Gasteiger partial charge in [-0.25, -0.2) is 14.8 Å². The second-order valence-electron chi connectivity index (χ2n) is 8.72. The maximum Gasteiger partial charge on any atom is 0.343 e. The number of likely N-dealkylation sites (tertiary alicyclic amines) is 1. The topological polar surface area (TPSA) is 88.3 Å². The third-order valence-corrected chi connectivity index (χ3v) is 6.60. The maximum atomic E-state index is 12.3. The highest BCUT2D eigenvalue weighted by Gasteiger charge is 2.41. The molecule has 4 rings (SSSR count). The summed E-state index contributed by atoms with van der Waals surface area (Å²) in [4.78, 5) is 18.9. The van der Waals surface area contributed by atoms with Gasteiger partial charge in [-0.3, -0.25) is 5.21 Å². The van der Waals surface area contributed by atoms with Crippen molar-refractivity contribution in [2.45, 2.75) is 24.7 Å². The number of aromatic nitrogens is 1. The van der Waals surface area contributed by atoms with Gasteiger partial charge >= 0.3 is 6.03 Å². The number of hydrogen-bond donors (Lipinski definition) is 1. The molecular weight excluding hydrogens is 446 g/mol. The molecule has 35 heavy (non-hydrogen) atoms. The van der Waals surface area contributed by atoms with E-state index in [-0.39, 0.29) is 0 Å². The number of urea groups is 1. The standard InChI is InChI=1S/C27H31N3O5/c1-5-14-27(15-17-30(18-16-27)26(31)29(2)32)25-28-23(19-6-10-21(33-3)11-7-19)24(35-25)20-8-12-22(34-4)13-9-20/h5-13,32H,1,14-18H2,2-4H3. The van der Waals surface area contributed by atoms with Crippen molar-refractivity contribution in [1.82, 2.24) is 14.9 Å². The van der Waals surface area contributed by atoms with E-state index in [1.165, 1.54) is 7.05 Å². The molecule has 1 aliphatic rings. The van der Waals surface area contributed by atoms with Gasteiger partial charge in [-0.2, -0.15) is 0 Å². The highest BCUT2D eigenvalue weighted by molar-refractivity contribution is 5.77. The molecule has 0 spiro atoms. The van der Waals surface area contributed by atoms with Crippen LogP contribution in [0.5, 0.6) is 11.5 Å². The fourth-order valence-electron chi connectivity index (χ4n) is 4.54. The van der Waals surface area contributed by atoms with Gasteiger partial charge in [0.2, 0.25) is 5.89 Å². The molecule has 0 unspecified atom stereocenters. The minimum absolute atomic E-state index is 0.404. The molecule has 2 heterocycles. The van der Waals surface area contributed by atoms with Crippen LogP contribution >= 0.6 is 0 Å². The van der Waals surface area contributed by atoms with Gasteiger partial charge in [0.25, 0.3) is 0 Å². The van der Waals surface area contributed by atoms with Crippen molar-refractivity contribution >= 4 is 6.03 Å². The predicted octanol–water partition coefficient (Wildman–Crippen LogP) is 5.38. The van der Waals surface area contributed by atoms with Gasteiger partial charge in [-0.1, -0.05) is 6.08 Å². The number of carbonyl (C=O) groups is 1. The monoisotopic (exact) mass is 477 g/mol. The molecule has 0 aliphatic carbocycles. The first-order chi connectivity index (χ1) is 16.9. The molecule has 1 aliphatic heterocycles. The van der Waals surface area contributed by atoms with Gasteiger partial charge in [-0.15, -0.1) is 6.58 Å². The summed E-state index contributed by atoms with van der Waals surface area (Å²) in [6.45, 7) is 4.93. The van der Waals surface area contributed by atoms with E-state index >= 15 is 0 Å². The van der Waals surface area contributed by atoms with E-state index in [2.05, 4.69) is 6.58 Å². The smallest absolute Gasteiger partial charge is 0.343 e. The van der Waals surface area contributed by atoms with Crippen LogP contribution in [0, 0.1) is 0 Å². The van der Waals surface area contributed by atoms with Crippen LogP contribution in [0.15, 0.2) is 65.6 Å². The van der Waals surface area contributed by atoms with E-state index in [9.17, 15) is 10.0 Å². The van der Waals surface area contributed by atoms with Crippen molar-refractivity contribution in [3.05, 3.63) is 67.1 Å². The lowest BCUT2D eigenvalue weighted by molar-refractivity contribution is -0.0377. The Hall–Kier alpha value is -3.78. The van der Waals surface area contributed by atoms with E-state index in [0.29, 0.717) is 49.1 Å². The first kappa shape index (κ1) is 24.3. The van der Waals surface area contributed by atoms with Crippen LogP contribution in [-0.4, -0.2) is 60.5 Å². The van der Waals surface area contributed by atoms with Crippen LogP contribution in [-0.2, 0) is 5.41 Å². The van der Waals surface area contributed by atoms with Crippen molar-refractivity contribution in [3.63, 3.8) is 0 Å². The fourth-order valence-corrected chi connectivity index (χ4v) is 4.54. The summed E-state index contributed by atoms with van der Waals surface area (Å²) in [7, 11) is 4.61. The van der Waals surface area contributed by atoms with Crippen molar-refractivity contribution in [2.75, 3.05) is 34.4 Å². The second-order valence-corrected chi connectivity index (χ2v) is 8.72.